The number of carboxylic acids is 2. The SMILES string of the molecule is NC(=O)Cc1cc(C(F)(F)F)cc(C(F)(F)F)c1.O=C(O)/C=C/C(=O)O. The molecule has 144 valence electrons. The number of aliphatic carboxylic acids is 2. The van der Waals surface area contributed by atoms with Gasteiger partial charge in [-0.05, 0) is 23.8 Å². The van der Waals surface area contributed by atoms with Crippen molar-refractivity contribution in [2.75, 3.05) is 0 Å². The number of primary amides is 1. The maximum Gasteiger partial charge on any atom is 0.416 e. The number of amides is 1. The molecule has 0 fully saturated rings. The molecule has 0 saturated heterocycles. The third-order valence-corrected chi connectivity index (χ3v) is 2.39. The number of hydrogen-bond donors (Lipinski definition) is 3. The van der Waals surface area contributed by atoms with Gasteiger partial charge in [-0.2, -0.15) is 26.3 Å². The molecule has 0 aliphatic carbocycles. The average Bonchev–Trinajstić information content (AvgIpc) is 2.43. The number of carbonyl (C=O) groups is 3. The number of alkyl halides is 6. The van der Waals surface area contributed by atoms with Crippen LogP contribution < -0.4 is 5.73 Å². The highest BCUT2D eigenvalue weighted by Crippen LogP contribution is 2.36. The van der Waals surface area contributed by atoms with E-state index in [1.54, 1.807) is 0 Å². The van der Waals surface area contributed by atoms with Crippen molar-refractivity contribution in [1.29, 1.82) is 0 Å². The number of rotatable bonds is 4. The van der Waals surface area contributed by atoms with Gasteiger partial charge in [0, 0.05) is 12.2 Å². The Kier molecular flexibility index (Phi) is 7.83. The standard InChI is InChI=1S/C10H7F6NO.C4H4O4/c11-9(12,13)6-1-5(3-8(17)18)2-7(4-6)10(14,15)16;5-3(6)1-2-4(7)8/h1-2,4H,3H2,(H2,17,18);1-2H,(H,5,6)(H,7,8)/b;2-1+. The van der Waals surface area contributed by atoms with Crippen LogP contribution in [0.3, 0.4) is 0 Å². The highest BCUT2D eigenvalue weighted by atomic mass is 19.4. The first-order valence-corrected chi connectivity index (χ1v) is 6.33. The van der Waals surface area contributed by atoms with E-state index in [0.29, 0.717) is 24.3 Å². The van der Waals surface area contributed by atoms with Gasteiger partial charge in [-0.25, -0.2) is 9.59 Å². The summed E-state index contributed by atoms with van der Waals surface area (Å²) in [5, 5.41) is 15.6. The van der Waals surface area contributed by atoms with E-state index >= 15 is 0 Å². The molecular weight excluding hydrogens is 376 g/mol. The first-order chi connectivity index (χ1) is 11.6. The van der Waals surface area contributed by atoms with Crippen LogP contribution in [0, 0.1) is 0 Å². The van der Waals surface area contributed by atoms with Crippen LogP contribution in [0.1, 0.15) is 16.7 Å². The number of benzene rings is 1. The molecule has 0 unspecified atom stereocenters. The van der Waals surface area contributed by atoms with Gasteiger partial charge < -0.3 is 15.9 Å². The maximum atomic E-state index is 12.4. The number of carboxylic acid groups (broad SMARTS) is 2. The predicted molar refractivity (Wildman–Crippen MR) is 73.8 cm³/mol. The molecule has 0 bridgehead atoms. The third kappa shape index (κ3) is 9.30. The monoisotopic (exact) mass is 387 g/mol. The lowest BCUT2D eigenvalue weighted by Crippen LogP contribution is -2.16. The molecule has 1 rings (SSSR count). The summed E-state index contributed by atoms with van der Waals surface area (Å²) in [6, 6.07) is 0.935. The topological polar surface area (TPSA) is 118 Å². The summed E-state index contributed by atoms with van der Waals surface area (Å²) in [6.45, 7) is 0. The predicted octanol–water partition coefficient (Wildman–Crippen LogP) is 2.46. The van der Waals surface area contributed by atoms with Gasteiger partial charge in [-0.1, -0.05) is 0 Å². The maximum absolute atomic E-state index is 12.4. The summed E-state index contributed by atoms with van der Waals surface area (Å²) in [4.78, 5) is 29.7. The fraction of sp³-hybridized carbons (Fsp3) is 0.214. The minimum Gasteiger partial charge on any atom is -0.478 e. The second-order valence-electron chi connectivity index (χ2n) is 4.57. The molecule has 1 aromatic carbocycles. The Morgan fingerprint density at radius 2 is 1.19 bits per heavy atom. The molecular formula is C14H11F6NO5. The van der Waals surface area contributed by atoms with E-state index in [1.807, 2.05) is 0 Å². The first-order valence-electron chi connectivity index (χ1n) is 6.33. The Labute approximate surface area is 141 Å². The van der Waals surface area contributed by atoms with E-state index in [1.165, 1.54) is 0 Å². The average molecular weight is 387 g/mol. The minimum absolute atomic E-state index is 0.00943. The summed E-state index contributed by atoms with van der Waals surface area (Å²) >= 11 is 0. The molecule has 1 amide bonds. The van der Waals surface area contributed by atoms with Gasteiger partial charge in [-0.3, -0.25) is 4.79 Å². The van der Waals surface area contributed by atoms with Crippen LogP contribution in [-0.2, 0) is 33.2 Å². The molecule has 0 aromatic heterocycles. The molecule has 0 aliphatic heterocycles. The van der Waals surface area contributed by atoms with Crippen molar-refractivity contribution >= 4 is 17.8 Å². The van der Waals surface area contributed by atoms with Crippen LogP contribution in [0.2, 0.25) is 0 Å². The van der Waals surface area contributed by atoms with E-state index in [4.69, 9.17) is 15.9 Å². The molecule has 0 saturated carbocycles. The highest BCUT2D eigenvalue weighted by molar-refractivity contribution is 5.89. The molecule has 0 aliphatic rings. The molecule has 0 heterocycles. The number of carbonyl (C=O) groups excluding carboxylic acids is 1. The quantitative estimate of drug-likeness (QED) is 0.542. The second kappa shape index (κ2) is 8.87. The highest BCUT2D eigenvalue weighted by Gasteiger charge is 2.36. The van der Waals surface area contributed by atoms with Gasteiger partial charge in [-0.15, -0.1) is 0 Å². The van der Waals surface area contributed by atoms with Gasteiger partial charge >= 0.3 is 24.3 Å². The molecule has 4 N–H and O–H groups in total. The minimum atomic E-state index is -4.92. The van der Waals surface area contributed by atoms with Crippen LogP contribution >= 0.6 is 0 Å². The zero-order chi connectivity index (χ0) is 20.7. The summed E-state index contributed by atoms with van der Waals surface area (Å²) in [5.41, 5.74) is 1.39. The molecule has 0 radical (unpaired) electrons. The third-order valence-electron chi connectivity index (χ3n) is 2.39. The van der Waals surface area contributed by atoms with E-state index in [-0.39, 0.29) is 6.07 Å². The van der Waals surface area contributed by atoms with Gasteiger partial charge in [0.25, 0.3) is 0 Å². The summed E-state index contributed by atoms with van der Waals surface area (Å²) < 4.78 is 74.3. The van der Waals surface area contributed by atoms with Gasteiger partial charge in [0.05, 0.1) is 17.5 Å². The Morgan fingerprint density at radius 3 is 1.42 bits per heavy atom. The molecule has 12 heteroatoms. The van der Waals surface area contributed by atoms with Crippen molar-refractivity contribution in [3.63, 3.8) is 0 Å². The van der Waals surface area contributed by atoms with Gasteiger partial charge in [0.1, 0.15) is 0 Å². The Morgan fingerprint density at radius 1 is 0.846 bits per heavy atom. The van der Waals surface area contributed by atoms with E-state index in [9.17, 15) is 40.7 Å². The zero-order valence-electron chi connectivity index (χ0n) is 12.6. The number of hydrogen-bond acceptors (Lipinski definition) is 3. The lowest BCUT2D eigenvalue weighted by Gasteiger charge is -2.13. The fourth-order valence-electron chi connectivity index (χ4n) is 1.47. The molecule has 1 aromatic rings. The van der Waals surface area contributed by atoms with Crippen molar-refractivity contribution in [3.8, 4) is 0 Å². The van der Waals surface area contributed by atoms with Crippen LogP contribution in [-0.4, -0.2) is 28.1 Å². The van der Waals surface area contributed by atoms with Gasteiger partial charge in [0.15, 0.2) is 0 Å². The van der Waals surface area contributed by atoms with Crippen LogP contribution in [0.5, 0.6) is 0 Å². The van der Waals surface area contributed by atoms with Crippen molar-refractivity contribution in [2.24, 2.45) is 5.73 Å². The normalized spacial score (nSPS) is 11.6. The zero-order valence-corrected chi connectivity index (χ0v) is 12.6. The first kappa shape index (κ1) is 22.9. The molecule has 0 spiro atoms. The fourth-order valence-corrected chi connectivity index (χ4v) is 1.47. The Hall–Kier alpha value is -3.05. The number of nitrogens with two attached hydrogens (primary N) is 1. The van der Waals surface area contributed by atoms with E-state index in [0.717, 1.165) is 0 Å². The number of halogens is 6. The summed E-state index contributed by atoms with van der Waals surface area (Å²) in [6.07, 6.45) is -9.42. The van der Waals surface area contributed by atoms with Crippen molar-refractivity contribution in [1.82, 2.24) is 0 Å². The molecule has 26 heavy (non-hydrogen) atoms. The molecule has 0 atom stereocenters. The van der Waals surface area contributed by atoms with E-state index < -0.39 is 53.3 Å². The lowest BCUT2D eigenvalue weighted by molar-refractivity contribution is -0.143. The van der Waals surface area contributed by atoms with Gasteiger partial charge in [0.2, 0.25) is 5.91 Å². The van der Waals surface area contributed by atoms with Crippen LogP contribution in [0.25, 0.3) is 0 Å². The smallest absolute Gasteiger partial charge is 0.416 e. The summed E-state index contributed by atoms with van der Waals surface area (Å²) in [7, 11) is 0. The van der Waals surface area contributed by atoms with E-state index in [2.05, 4.69) is 0 Å². The largest absolute Gasteiger partial charge is 0.478 e. The van der Waals surface area contributed by atoms with Crippen LogP contribution in [0.4, 0.5) is 26.3 Å². The lowest BCUT2D eigenvalue weighted by atomic mass is 10.0. The van der Waals surface area contributed by atoms with Crippen molar-refractivity contribution in [2.45, 2.75) is 18.8 Å². The second-order valence-corrected chi connectivity index (χ2v) is 4.57. The van der Waals surface area contributed by atoms with Crippen LogP contribution in [0.15, 0.2) is 30.4 Å². The summed E-state index contributed by atoms with van der Waals surface area (Å²) in [5.74, 6) is -3.53. The molecule has 6 nitrogen and oxygen atoms in total. The Balaban J connectivity index is 0.000000660. The van der Waals surface area contributed by atoms with Crippen molar-refractivity contribution < 1.29 is 50.9 Å². The Bertz CT molecular complexity index is 661. The van der Waals surface area contributed by atoms with Crippen molar-refractivity contribution in [3.05, 3.63) is 47.0 Å².